The molecule has 0 heterocycles. The van der Waals surface area contributed by atoms with Crippen LogP contribution in [0.3, 0.4) is 0 Å². The number of hydrogen-bond donors (Lipinski definition) is 3. The average molecular weight is 730 g/mol. The van der Waals surface area contributed by atoms with E-state index in [1.165, 1.54) is 193 Å². The van der Waals surface area contributed by atoms with Gasteiger partial charge in [0.05, 0.1) is 18.8 Å². The van der Waals surface area contributed by atoms with Crippen molar-refractivity contribution < 1.29 is 15.0 Å². The second kappa shape index (κ2) is 44.0. The maximum atomic E-state index is 12.4. The molecule has 0 radical (unpaired) electrons. The van der Waals surface area contributed by atoms with Crippen LogP contribution >= 0.6 is 0 Å². The number of nitrogens with one attached hydrogen (secondary N) is 1. The van der Waals surface area contributed by atoms with Crippen LogP contribution in [0.4, 0.5) is 0 Å². The minimum absolute atomic E-state index is 0.0746. The molecule has 4 nitrogen and oxygen atoms in total. The van der Waals surface area contributed by atoms with E-state index >= 15 is 0 Å². The van der Waals surface area contributed by atoms with Crippen molar-refractivity contribution in [3.8, 4) is 0 Å². The Balaban J connectivity index is 3.59. The summed E-state index contributed by atoms with van der Waals surface area (Å²) in [7, 11) is 0. The maximum absolute atomic E-state index is 12.4. The number of unbranched alkanes of at least 4 members (excludes halogenated alkanes) is 31. The summed E-state index contributed by atoms with van der Waals surface area (Å²) in [6, 6.07) is -0.639. The van der Waals surface area contributed by atoms with Gasteiger partial charge in [-0.2, -0.15) is 0 Å². The predicted octanol–water partition coefficient (Wildman–Crippen LogP) is 14.6. The van der Waals surface area contributed by atoms with Crippen LogP contribution in [-0.2, 0) is 4.79 Å². The largest absolute Gasteiger partial charge is 0.394 e. The molecule has 0 aromatic heterocycles. The zero-order valence-corrected chi connectivity index (χ0v) is 35.1. The molecule has 0 saturated heterocycles. The molecule has 4 heteroatoms. The van der Waals surface area contributed by atoms with Gasteiger partial charge in [0.2, 0.25) is 5.91 Å². The summed E-state index contributed by atoms with van der Waals surface area (Å²) in [4.78, 5) is 12.4. The SMILES string of the molecule is CCCCCCCCCC/C=C\CCCCCCCCCCCC(=O)NC(CO)C(O)/C=C/CC/C=C/CCCCCCCCCCCCCCC. The molecule has 0 spiro atoms. The average Bonchev–Trinajstić information content (AvgIpc) is 3.15. The summed E-state index contributed by atoms with van der Waals surface area (Å²) in [6.45, 7) is 4.31. The smallest absolute Gasteiger partial charge is 0.220 e. The van der Waals surface area contributed by atoms with Gasteiger partial charge in [-0.15, -0.1) is 0 Å². The first-order valence-electron chi connectivity index (χ1n) is 23.2. The minimum atomic E-state index is -0.862. The number of aliphatic hydroxyl groups is 2. The molecule has 3 N–H and O–H groups in total. The molecule has 52 heavy (non-hydrogen) atoms. The van der Waals surface area contributed by atoms with Crippen molar-refractivity contribution in [3.63, 3.8) is 0 Å². The highest BCUT2D eigenvalue weighted by atomic mass is 16.3. The van der Waals surface area contributed by atoms with Crippen molar-refractivity contribution in [2.45, 2.75) is 257 Å². The van der Waals surface area contributed by atoms with Crippen molar-refractivity contribution in [1.29, 1.82) is 0 Å². The summed E-state index contributed by atoms with van der Waals surface area (Å²) in [5.74, 6) is -0.0746. The quantitative estimate of drug-likeness (QED) is 0.0433. The van der Waals surface area contributed by atoms with Crippen LogP contribution in [0.2, 0.25) is 0 Å². The number of hydrogen-bond acceptors (Lipinski definition) is 3. The molecule has 0 aliphatic heterocycles. The van der Waals surface area contributed by atoms with E-state index < -0.39 is 12.1 Å². The van der Waals surface area contributed by atoms with Crippen molar-refractivity contribution in [2.75, 3.05) is 6.61 Å². The van der Waals surface area contributed by atoms with E-state index in [1.54, 1.807) is 6.08 Å². The lowest BCUT2D eigenvalue weighted by Gasteiger charge is -2.19. The third kappa shape index (κ3) is 39.8. The van der Waals surface area contributed by atoms with E-state index in [-0.39, 0.29) is 12.5 Å². The van der Waals surface area contributed by atoms with E-state index in [4.69, 9.17) is 0 Å². The summed E-state index contributed by atoms with van der Waals surface area (Å²) >= 11 is 0. The topological polar surface area (TPSA) is 69.6 Å². The molecule has 0 aromatic carbocycles. The lowest BCUT2D eigenvalue weighted by molar-refractivity contribution is -0.123. The number of amides is 1. The number of carbonyl (C=O) groups excluding carboxylic acids is 1. The van der Waals surface area contributed by atoms with Gasteiger partial charge in [0.15, 0.2) is 0 Å². The second-order valence-corrected chi connectivity index (χ2v) is 15.8. The summed E-state index contributed by atoms with van der Waals surface area (Å²) in [5.41, 5.74) is 0. The highest BCUT2D eigenvalue weighted by molar-refractivity contribution is 5.76. The number of allylic oxidation sites excluding steroid dienone is 5. The van der Waals surface area contributed by atoms with Crippen LogP contribution in [0.1, 0.15) is 245 Å². The Kier molecular flexibility index (Phi) is 42.8. The molecule has 0 aliphatic carbocycles. The van der Waals surface area contributed by atoms with E-state index in [1.807, 2.05) is 6.08 Å². The lowest BCUT2D eigenvalue weighted by Crippen LogP contribution is -2.45. The number of aliphatic hydroxyl groups excluding tert-OH is 2. The van der Waals surface area contributed by atoms with Crippen molar-refractivity contribution in [3.05, 3.63) is 36.5 Å². The Bertz CT molecular complexity index is 790. The Morgan fingerprint density at radius 2 is 0.750 bits per heavy atom. The predicted molar refractivity (Wildman–Crippen MR) is 230 cm³/mol. The summed E-state index contributed by atoms with van der Waals surface area (Å²) in [5, 5.41) is 23.0. The first kappa shape index (κ1) is 50.6. The normalized spacial score (nSPS) is 13.2. The van der Waals surface area contributed by atoms with Gasteiger partial charge < -0.3 is 15.5 Å². The van der Waals surface area contributed by atoms with Gasteiger partial charge >= 0.3 is 0 Å². The zero-order chi connectivity index (χ0) is 37.8. The van der Waals surface area contributed by atoms with Crippen molar-refractivity contribution >= 4 is 5.91 Å². The molecule has 0 bridgehead atoms. The van der Waals surface area contributed by atoms with Gasteiger partial charge in [0.1, 0.15) is 0 Å². The zero-order valence-electron chi connectivity index (χ0n) is 35.1. The van der Waals surface area contributed by atoms with Crippen molar-refractivity contribution in [1.82, 2.24) is 5.32 Å². The first-order chi connectivity index (χ1) is 25.7. The highest BCUT2D eigenvalue weighted by Gasteiger charge is 2.17. The molecule has 1 amide bonds. The Hall–Kier alpha value is -1.39. The lowest BCUT2D eigenvalue weighted by atomic mass is 10.0. The molecule has 2 atom stereocenters. The summed E-state index contributed by atoms with van der Waals surface area (Å²) < 4.78 is 0. The molecule has 0 aromatic rings. The van der Waals surface area contributed by atoms with Gasteiger partial charge in [-0.1, -0.05) is 217 Å². The van der Waals surface area contributed by atoms with Crippen LogP contribution in [0.25, 0.3) is 0 Å². The Morgan fingerprint density at radius 3 is 1.12 bits per heavy atom. The summed E-state index contributed by atoms with van der Waals surface area (Å²) in [6.07, 6.45) is 58.3. The third-order valence-electron chi connectivity index (χ3n) is 10.6. The molecule has 2 unspecified atom stereocenters. The number of rotatable bonds is 42. The minimum Gasteiger partial charge on any atom is -0.394 e. The van der Waals surface area contributed by atoms with Gasteiger partial charge in [-0.3, -0.25) is 4.79 Å². The van der Waals surface area contributed by atoms with Crippen LogP contribution in [-0.4, -0.2) is 34.9 Å². The molecular weight excluding hydrogens is 639 g/mol. The van der Waals surface area contributed by atoms with E-state index in [9.17, 15) is 15.0 Å². The van der Waals surface area contributed by atoms with E-state index in [0.29, 0.717) is 6.42 Å². The Morgan fingerprint density at radius 1 is 0.442 bits per heavy atom. The standard InChI is InChI=1S/C48H91NO3/c1-3-5-7-9-11-13-15-17-19-21-23-24-26-28-30-32-34-36-38-40-42-44-48(52)49-46(45-50)47(51)43-41-39-37-35-33-31-29-27-25-22-20-18-16-14-12-10-8-6-4-2/h21,23,33,35,41,43,46-47,50-51H,3-20,22,24-32,34,36-40,42,44-45H2,1-2H3,(H,49,52)/b23-21-,35-33+,43-41+. The third-order valence-corrected chi connectivity index (χ3v) is 10.6. The highest BCUT2D eigenvalue weighted by Crippen LogP contribution is 2.15. The van der Waals surface area contributed by atoms with Gasteiger partial charge in [-0.05, 0) is 57.8 Å². The van der Waals surface area contributed by atoms with E-state index in [2.05, 4.69) is 43.5 Å². The number of carbonyl (C=O) groups is 1. The van der Waals surface area contributed by atoms with Crippen LogP contribution < -0.4 is 5.32 Å². The Labute approximate surface area is 325 Å². The molecule has 0 aliphatic rings. The van der Waals surface area contributed by atoms with E-state index in [0.717, 1.165) is 32.1 Å². The molecule has 0 fully saturated rings. The van der Waals surface area contributed by atoms with Gasteiger partial charge in [-0.25, -0.2) is 0 Å². The van der Waals surface area contributed by atoms with Crippen LogP contribution in [0.15, 0.2) is 36.5 Å². The molecule has 306 valence electrons. The monoisotopic (exact) mass is 730 g/mol. The van der Waals surface area contributed by atoms with Crippen LogP contribution in [0.5, 0.6) is 0 Å². The second-order valence-electron chi connectivity index (χ2n) is 15.8. The maximum Gasteiger partial charge on any atom is 0.220 e. The molecular formula is C48H91NO3. The van der Waals surface area contributed by atoms with Gasteiger partial charge in [0.25, 0.3) is 0 Å². The fourth-order valence-corrected chi connectivity index (χ4v) is 7.01. The fourth-order valence-electron chi connectivity index (χ4n) is 7.01. The van der Waals surface area contributed by atoms with Crippen LogP contribution in [0, 0.1) is 0 Å². The fraction of sp³-hybridized carbons (Fsp3) is 0.854. The van der Waals surface area contributed by atoms with Crippen molar-refractivity contribution in [2.24, 2.45) is 0 Å². The first-order valence-corrected chi connectivity index (χ1v) is 23.2. The van der Waals surface area contributed by atoms with Gasteiger partial charge in [0, 0.05) is 6.42 Å². The molecule has 0 saturated carbocycles. The molecule has 0 rings (SSSR count).